The quantitative estimate of drug-likeness (QED) is 0.809. The van der Waals surface area contributed by atoms with Crippen LogP contribution in [0.4, 0.5) is 0 Å². The van der Waals surface area contributed by atoms with Gasteiger partial charge in [-0.3, -0.25) is 0 Å². The van der Waals surface area contributed by atoms with Gasteiger partial charge in [0.05, 0.1) is 5.54 Å². The third-order valence-corrected chi connectivity index (χ3v) is 7.47. The molecule has 15 heavy (non-hydrogen) atoms. The van der Waals surface area contributed by atoms with Gasteiger partial charge in [0.15, 0.2) is 4.27 Å². The summed E-state index contributed by atoms with van der Waals surface area (Å²) in [6.07, 6.45) is 2.58. The molecule has 2 fully saturated rings. The molecule has 0 amide bonds. The number of hydrogen-bond acceptors (Lipinski definition) is 4. The number of rotatable bonds is 2. The molecule has 2 heterocycles. The molecule has 0 aliphatic carbocycles. The van der Waals surface area contributed by atoms with Crippen molar-refractivity contribution in [3.8, 4) is 0 Å². The first kappa shape index (κ1) is 12.1. The summed E-state index contributed by atoms with van der Waals surface area (Å²) in [6, 6.07) is 0. The first-order valence-electron chi connectivity index (χ1n) is 5.73. The lowest BCUT2D eigenvalue weighted by atomic mass is 9.89. The molecule has 0 radical (unpaired) electrons. The fourth-order valence-electron chi connectivity index (χ4n) is 2.56. The molecule has 0 bridgehead atoms. The number of thioether (sulfide) groups is 2. The molecular weight excluding hydrogens is 226 g/mol. The van der Waals surface area contributed by atoms with Crippen LogP contribution in [0.1, 0.15) is 26.7 Å². The molecule has 2 aliphatic heterocycles. The normalized spacial score (nSPS) is 40.6. The van der Waals surface area contributed by atoms with Crippen LogP contribution in [0.5, 0.6) is 0 Å². The van der Waals surface area contributed by atoms with Gasteiger partial charge in [0.25, 0.3) is 0 Å². The molecule has 4 heteroatoms. The number of nitrogens with one attached hydrogen (secondary N) is 1. The van der Waals surface area contributed by atoms with E-state index in [1.165, 1.54) is 24.3 Å². The third kappa shape index (κ3) is 1.84. The standard InChI is InChI=1S/C11H21NOS2/c1-9-5-6-12-10(9,2)11(13-3)14-7-4-8-15-11/h9,12H,4-8H2,1-3H3/t9-,10-/m0/s1. The molecule has 1 N–H and O–H groups in total. The highest BCUT2D eigenvalue weighted by Crippen LogP contribution is 2.54. The van der Waals surface area contributed by atoms with Crippen molar-refractivity contribution in [2.24, 2.45) is 5.92 Å². The predicted molar refractivity (Wildman–Crippen MR) is 69.5 cm³/mol. The van der Waals surface area contributed by atoms with Gasteiger partial charge in [0, 0.05) is 7.11 Å². The molecular formula is C11H21NOS2. The van der Waals surface area contributed by atoms with Gasteiger partial charge in [-0.1, -0.05) is 6.92 Å². The lowest BCUT2D eigenvalue weighted by Gasteiger charge is -2.48. The van der Waals surface area contributed by atoms with E-state index in [2.05, 4.69) is 19.2 Å². The Labute approximate surface area is 101 Å². The zero-order valence-corrected chi connectivity index (χ0v) is 11.5. The van der Waals surface area contributed by atoms with Gasteiger partial charge in [0.1, 0.15) is 0 Å². The van der Waals surface area contributed by atoms with E-state index in [1.807, 2.05) is 30.6 Å². The summed E-state index contributed by atoms with van der Waals surface area (Å²) in [7, 11) is 1.86. The second-order valence-corrected chi connectivity index (χ2v) is 7.43. The minimum absolute atomic E-state index is 0.0683. The van der Waals surface area contributed by atoms with Gasteiger partial charge >= 0.3 is 0 Å². The van der Waals surface area contributed by atoms with E-state index in [0.29, 0.717) is 5.92 Å². The van der Waals surface area contributed by atoms with Gasteiger partial charge in [-0.15, -0.1) is 23.5 Å². The Hall–Kier alpha value is 0.620. The molecule has 2 saturated heterocycles. The molecule has 0 aromatic rings. The Balaban J connectivity index is 2.23. The molecule has 0 unspecified atom stereocenters. The Morgan fingerprint density at radius 1 is 1.33 bits per heavy atom. The second kappa shape index (κ2) is 4.47. The van der Waals surface area contributed by atoms with Crippen molar-refractivity contribution in [1.82, 2.24) is 5.32 Å². The fraction of sp³-hybridized carbons (Fsp3) is 1.00. The maximum absolute atomic E-state index is 5.90. The SMILES string of the molecule is COC1([C@@]2(C)NCC[C@@H]2C)SCCCS1. The Bertz CT molecular complexity index is 231. The van der Waals surface area contributed by atoms with Gasteiger partial charge in [0.2, 0.25) is 0 Å². The van der Waals surface area contributed by atoms with E-state index in [9.17, 15) is 0 Å². The molecule has 2 atom stereocenters. The van der Waals surface area contributed by atoms with Crippen molar-refractivity contribution in [2.45, 2.75) is 36.5 Å². The molecule has 0 saturated carbocycles. The van der Waals surface area contributed by atoms with Crippen molar-refractivity contribution in [1.29, 1.82) is 0 Å². The van der Waals surface area contributed by atoms with Gasteiger partial charge in [-0.25, -0.2) is 0 Å². The smallest absolute Gasteiger partial charge is 0.178 e. The van der Waals surface area contributed by atoms with E-state index >= 15 is 0 Å². The molecule has 2 aliphatic rings. The summed E-state index contributed by atoms with van der Waals surface area (Å²) >= 11 is 3.98. The van der Waals surface area contributed by atoms with Crippen LogP contribution in [0.15, 0.2) is 0 Å². The van der Waals surface area contributed by atoms with E-state index in [0.717, 1.165) is 6.54 Å². The molecule has 2 nitrogen and oxygen atoms in total. The minimum Gasteiger partial charge on any atom is -0.356 e. The highest BCUT2D eigenvalue weighted by molar-refractivity contribution is 8.18. The predicted octanol–water partition coefficient (Wildman–Crippen LogP) is 2.54. The molecule has 0 aromatic carbocycles. The lowest BCUT2D eigenvalue weighted by Crippen LogP contribution is -2.59. The van der Waals surface area contributed by atoms with E-state index < -0.39 is 0 Å². The van der Waals surface area contributed by atoms with E-state index in [-0.39, 0.29) is 9.80 Å². The van der Waals surface area contributed by atoms with Crippen LogP contribution in [0.3, 0.4) is 0 Å². The van der Waals surface area contributed by atoms with Crippen molar-refractivity contribution in [2.75, 3.05) is 25.2 Å². The topological polar surface area (TPSA) is 21.3 Å². The number of ether oxygens (including phenoxy) is 1. The summed E-state index contributed by atoms with van der Waals surface area (Å²) in [5.41, 5.74) is 0.123. The van der Waals surface area contributed by atoms with Crippen LogP contribution in [0, 0.1) is 5.92 Å². The Kier molecular flexibility index (Phi) is 3.61. The zero-order valence-electron chi connectivity index (χ0n) is 9.84. The van der Waals surface area contributed by atoms with Crippen LogP contribution in [-0.2, 0) is 4.74 Å². The summed E-state index contributed by atoms with van der Waals surface area (Å²) in [5.74, 6) is 3.14. The first-order valence-corrected chi connectivity index (χ1v) is 7.70. The zero-order chi connectivity index (χ0) is 10.9. The summed E-state index contributed by atoms with van der Waals surface area (Å²) in [5, 5.41) is 3.68. The molecule has 0 spiro atoms. The van der Waals surface area contributed by atoms with Gasteiger partial charge in [-0.05, 0) is 43.7 Å². The van der Waals surface area contributed by atoms with Crippen molar-refractivity contribution in [3.05, 3.63) is 0 Å². The third-order valence-electron chi connectivity index (χ3n) is 3.83. The van der Waals surface area contributed by atoms with Crippen molar-refractivity contribution < 1.29 is 4.74 Å². The number of methoxy groups -OCH3 is 1. The average molecular weight is 247 g/mol. The minimum atomic E-state index is -0.0683. The molecule has 0 aromatic heterocycles. The summed E-state index contributed by atoms with van der Waals surface area (Å²) in [4.78, 5) is 0. The molecule has 2 rings (SSSR count). The van der Waals surface area contributed by atoms with E-state index in [1.54, 1.807) is 0 Å². The van der Waals surface area contributed by atoms with Crippen molar-refractivity contribution >= 4 is 23.5 Å². The monoisotopic (exact) mass is 247 g/mol. The Morgan fingerprint density at radius 2 is 2.00 bits per heavy atom. The second-order valence-electron chi connectivity index (χ2n) is 4.63. The van der Waals surface area contributed by atoms with Crippen LogP contribution >= 0.6 is 23.5 Å². The van der Waals surface area contributed by atoms with Crippen molar-refractivity contribution in [3.63, 3.8) is 0 Å². The van der Waals surface area contributed by atoms with Crippen LogP contribution < -0.4 is 5.32 Å². The van der Waals surface area contributed by atoms with Crippen LogP contribution in [0.25, 0.3) is 0 Å². The van der Waals surface area contributed by atoms with Gasteiger partial charge in [-0.2, -0.15) is 0 Å². The van der Waals surface area contributed by atoms with Crippen LogP contribution in [-0.4, -0.2) is 35.0 Å². The highest BCUT2D eigenvalue weighted by Gasteiger charge is 2.55. The largest absolute Gasteiger partial charge is 0.356 e. The Morgan fingerprint density at radius 3 is 2.47 bits per heavy atom. The summed E-state index contributed by atoms with van der Waals surface area (Å²) < 4.78 is 5.83. The van der Waals surface area contributed by atoms with Gasteiger partial charge < -0.3 is 10.1 Å². The highest BCUT2D eigenvalue weighted by atomic mass is 32.2. The maximum Gasteiger partial charge on any atom is 0.178 e. The lowest BCUT2D eigenvalue weighted by molar-refractivity contribution is 0.0536. The average Bonchev–Trinajstić information content (AvgIpc) is 2.62. The van der Waals surface area contributed by atoms with Crippen LogP contribution in [0.2, 0.25) is 0 Å². The summed E-state index contributed by atoms with van der Waals surface area (Å²) in [6.45, 7) is 5.81. The first-order chi connectivity index (χ1) is 7.15. The fourth-order valence-corrected chi connectivity index (χ4v) is 6.08. The van der Waals surface area contributed by atoms with E-state index in [4.69, 9.17) is 4.74 Å². The number of hydrogen-bond donors (Lipinski definition) is 1. The molecule has 88 valence electrons. The maximum atomic E-state index is 5.90.